The number of hydrogen-bond donors (Lipinski definition) is 2. The van der Waals surface area contributed by atoms with E-state index < -0.39 is 0 Å². The number of nitrogens with one attached hydrogen (secondary N) is 2. The lowest BCUT2D eigenvalue weighted by Crippen LogP contribution is -2.28. The van der Waals surface area contributed by atoms with Gasteiger partial charge in [0.15, 0.2) is 0 Å². The van der Waals surface area contributed by atoms with E-state index in [1.54, 1.807) is 7.11 Å². The van der Waals surface area contributed by atoms with Crippen LogP contribution in [0, 0.1) is 0 Å². The number of amides is 1. The maximum atomic E-state index is 11.4. The minimum absolute atomic E-state index is 0.0199. The number of hydrogen-bond acceptors (Lipinski definition) is 6. The summed E-state index contributed by atoms with van der Waals surface area (Å²) in [6.45, 7) is 1.68. The van der Waals surface area contributed by atoms with Crippen molar-refractivity contribution in [2.45, 2.75) is 25.2 Å². The fraction of sp³-hybridized carbons (Fsp3) is 0.727. The minimum Gasteiger partial charge on any atom is -0.383 e. The molecule has 1 amide bonds. The van der Waals surface area contributed by atoms with E-state index >= 15 is 0 Å². The van der Waals surface area contributed by atoms with Crippen LogP contribution in [0.1, 0.15) is 31.0 Å². The number of nitrogens with zero attached hydrogens (tertiary/aromatic N) is 2. The van der Waals surface area contributed by atoms with Crippen molar-refractivity contribution in [2.75, 3.05) is 32.1 Å². The molecular weight excluding hydrogens is 252 g/mol. The summed E-state index contributed by atoms with van der Waals surface area (Å²) in [5, 5.41) is 6.70. The standard InChI is InChI=1S/C11H18N4O2S/c1-17-7-6-12-9(16)4-5-13-11-14-10(15-18-11)8-2-3-8/h8H,2-7H2,1H3,(H,12,16)(H,13,14,15). The Balaban J connectivity index is 1.60. The second-order valence-corrected chi connectivity index (χ2v) is 5.00. The smallest absolute Gasteiger partial charge is 0.221 e. The van der Waals surface area contributed by atoms with Crippen LogP contribution in [0.15, 0.2) is 0 Å². The van der Waals surface area contributed by atoms with E-state index in [1.807, 2.05) is 0 Å². The van der Waals surface area contributed by atoms with Gasteiger partial charge in [0, 0.05) is 44.1 Å². The third-order valence-corrected chi connectivity index (χ3v) is 3.33. The predicted molar refractivity (Wildman–Crippen MR) is 69.9 cm³/mol. The number of carbonyl (C=O) groups excluding carboxylic acids is 1. The molecule has 1 saturated carbocycles. The Hall–Kier alpha value is -1.21. The van der Waals surface area contributed by atoms with Crippen molar-refractivity contribution >= 4 is 22.6 Å². The average molecular weight is 270 g/mol. The van der Waals surface area contributed by atoms with Crippen molar-refractivity contribution in [3.8, 4) is 0 Å². The monoisotopic (exact) mass is 270 g/mol. The van der Waals surface area contributed by atoms with E-state index in [0.29, 0.717) is 32.0 Å². The van der Waals surface area contributed by atoms with Crippen molar-refractivity contribution in [1.29, 1.82) is 0 Å². The highest BCUT2D eigenvalue weighted by atomic mass is 32.1. The zero-order chi connectivity index (χ0) is 12.8. The molecule has 18 heavy (non-hydrogen) atoms. The molecular formula is C11H18N4O2S. The number of ether oxygens (including phenoxy) is 1. The Labute approximate surface area is 110 Å². The second kappa shape index (κ2) is 6.65. The molecule has 6 nitrogen and oxygen atoms in total. The van der Waals surface area contributed by atoms with Crippen LogP contribution in [-0.4, -0.2) is 42.1 Å². The van der Waals surface area contributed by atoms with Gasteiger partial charge in [-0.05, 0) is 12.8 Å². The van der Waals surface area contributed by atoms with Crippen LogP contribution in [0.25, 0.3) is 0 Å². The van der Waals surface area contributed by atoms with Gasteiger partial charge >= 0.3 is 0 Å². The largest absolute Gasteiger partial charge is 0.383 e. The normalized spacial score (nSPS) is 14.5. The fourth-order valence-corrected chi connectivity index (χ4v) is 2.15. The number of aromatic nitrogens is 2. The van der Waals surface area contributed by atoms with Crippen molar-refractivity contribution in [3.63, 3.8) is 0 Å². The van der Waals surface area contributed by atoms with Crippen LogP contribution in [0.5, 0.6) is 0 Å². The molecule has 0 aliphatic heterocycles. The van der Waals surface area contributed by atoms with Gasteiger partial charge in [0.25, 0.3) is 0 Å². The van der Waals surface area contributed by atoms with E-state index in [0.717, 1.165) is 11.0 Å². The van der Waals surface area contributed by atoms with Crippen LogP contribution in [0.2, 0.25) is 0 Å². The molecule has 100 valence electrons. The highest BCUT2D eigenvalue weighted by Crippen LogP contribution is 2.39. The predicted octanol–water partition coefficient (Wildman–Crippen LogP) is 0.980. The van der Waals surface area contributed by atoms with Gasteiger partial charge in [-0.1, -0.05) is 0 Å². The van der Waals surface area contributed by atoms with Gasteiger partial charge in [0.1, 0.15) is 5.82 Å². The lowest BCUT2D eigenvalue weighted by Gasteiger charge is -2.04. The molecule has 0 aromatic carbocycles. The quantitative estimate of drug-likeness (QED) is 0.689. The summed E-state index contributed by atoms with van der Waals surface area (Å²) < 4.78 is 9.14. The Morgan fingerprint density at radius 1 is 1.50 bits per heavy atom. The van der Waals surface area contributed by atoms with Crippen LogP contribution >= 0.6 is 11.5 Å². The first kappa shape index (κ1) is 13.2. The van der Waals surface area contributed by atoms with Crippen LogP contribution in [0.4, 0.5) is 5.13 Å². The van der Waals surface area contributed by atoms with Crippen LogP contribution < -0.4 is 10.6 Å². The molecule has 7 heteroatoms. The lowest BCUT2D eigenvalue weighted by atomic mass is 10.4. The number of methoxy groups -OCH3 is 1. The molecule has 0 saturated heterocycles. The Bertz CT molecular complexity index is 392. The molecule has 1 aromatic heterocycles. The Morgan fingerprint density at radius 2 is 2.33 bits per heavy atom. The highest BCUT2D eigenvalue weighted by Gasteiger charge is 2.27. The van der Waals surface area contributed by atoms with E-state index in [9.17, 15) is 4.79 Å². The van der Waals surface area contributed by atoms with Crippen molar-refractivity contribution in [1.82, 2.24) is 14.7 Å². The Kier molecular flexibility index (Phi) is 4.89. The van der Waals surface area contributed by atoms with Crippen LogP contribution in [-0.2, 0) is 9.53 Å². The second-order valence-electron chi connectivity index (χ2n) is 4.25. The molecule has 1 aromatic rings. The SMILES string of the molecule is COCCNC(=O)CCNc1nc(C2CC2)ns1. The van der Waals surface area contributed by atoms with E-state index in [-0.39, 0.29) is 5.91 Å². The summed E-state index contributed by atoms with van der Waals surface area (Å²) in [5.41, 5.74) is 0. The Morgan fingerprint density at radius 3 is 3.06 bits per heavy atom. The highest BCUT2D eigenvalue weighted by molar-refractivity contribution is 7.09. The summed E-state index contributed by atoms with van der Waals surface area (Å²) >= 11 is 1.37. The average Bonchev–Trinajstić information content (AvgIpc) is 3.10. The third-order valence-electron chi connectivity index (χ3n) is 2.64. The van der Waals surface area contributed by atoms with Gasteiger partial charge in [0.05, 0.1) is 6.61 Å². The molecule has 0 spiro atoms. The molecule has 1 fully saturated rings. The zero-order valence-corrected chi connectivity index (χ0v) is 11.3. The summed E-state index contributed by atoms with van der Waals surface area (Å²) in [7, 11) is 1.61. The number of anilines is 1. The molecule has 2 rings (SSSR count). The zero-order valence-electron chi connectivity index (χ0n) is 10.4. The summed E-state index contributed by atoms with van der Waals surface area (Å²) in [6.07, 6.45) is 2.85. The molecule has 0 bridgehead atoms. The van der Waals surface area contributed by atoms with Crippen LogP contribution in [0.3, 0.4) is 0 Å². The molecule has 1 aliphatic carbocycles. The lowest BCUT2D eigenvalue weighted by molar-refractivity contribution is -0.121. The van der Waals surface area contributed by atoms with Gasteiger partial charge in [0.2, 0.25) is 11.0 Å². The molecule has 0 atom stereocenters. The summed E-state index contributed by atoms with van der Waals surface area (Å²) in [4.78, 5) is 15.8. The molecule has 0 unspecified atom stereocenters. The van der Waals surface area contributed by atoms with Gasteiger partial charge < -0.3 is 15.4 Å². The fourth-order valence-electron chi connectivity index (χ4n) is 1.48. The molecule has 1 aliphatic rings. The maximum Gasteiger partial charge on any atom is 0.221 e. The van der Waals surface area contributed by atoms with E-state index in [2.05, 4.69) is 20.0 Å². The minimum atomic E-state index is 0.0199. The number of carbonyl (C=O) groups is 1. The van der Waals surface area contributed by atoms with Gasteiger partial charge in [-0.3, -0.25) is 4.79 Å². The molecule has 0 radical (unpaired) electrons. The van der Waals surface area contributed by atoms with E-state index in [1.165, 1.54) is 24.4 Å². The van der Waals surface area contributed by atoms with Crippen molar-refractivity contribution in [3.05, 3.63) is 5.82 Å². The first-order valence-corrected chi connectivity index (χ1v) is 6.90. The van der Waals surface area contributed by atoms with Gasteiger partial charge in [-0.2, -0.15) is 4.37 Å². The first-order chi connectivity index (χ1) is 8.79. The van der Waals surface area contributed by atoms with Gasteiger partial charge in [-0.25, -0.2) is 4.98 Å². The molecule has 2 N–H and O–H groups in total. The summed E-state index contributed by atoms with van der Waals surface area (Å²) in [6, 6.07) is 0. The summed E-state index contributed by atoms with van der Waals surface area (Å²) in [5.74, 6) is 1.55. The first-order valence-electron chi connectivity index (χ1n) is 6.12. The van der Waals surface area contributed by atoms with E-state index in [4.69, 9.17) is 4.74 Å². The van der Waals surface area contributed by atoms with Gasteiger partial charge in [-0.15, -0.1) is 0 Å². The van der Waals surface area contributed by atoms with Crippen molar-refractivity contribution in [2.24, 2.45) is 0 Å². The van der Waals surface area contributed by atoms with Crippen molar-refractivity contribution < 1.29 is 9.53 Å². The third kappa shape index (κ3) is 4.23. The number of rotatable bonds is 8. The molecule has 1 heterocycles. The maximum absolute atomic E-state index is 11.4. The topological polar surface area (TPSA) is 76.1 Å².